The molecule has 1 aromatic rings. The summed E-state index contributed by atoms with van der Waals surface area (Å²) in [6.07, 6.45) is 0.166. The van der Waals surface area contributed by atoms with Gasteiger partial charge in [0.1, 0.15) is 3.53 Å². The molecule has 3 heterocycles. The topological polar surface area (TPSA) is 82.9 Å². The summed E-state index contributed by atoms with van der Waals surface area (Å²) in [5.74, 6) is 0.705. The van der Waals surface area contributed by atoms with Gasteiger partial charge in [0.15, 0.2) is 16.4 Å². The molecule has 0 N–H and O–H groups in total. The van der Waals surface area contributed by atoms with Crippen molar-refractivity contribution in [1.29, 1.82) is 5.26 Å². The second-order valence-corrected chi connectivity index (χ2v) is 12.9. The Morgan fingerprint density at radius 3 is 2.58 bits per heavy atom. The summed E-state index contributed by atoms with van der Waals surface area (Å²) in [4.78, 5) is 29.3. The van der Waals surface area contributed by atoms with Crippen molar-refractivity contribution < 1.29 is 19.1 Å². The first kappa shape index (κ1) is 22.2. The number of amides is 2. The molecule has 164 valence electrons. The number of ether oxygens (including phenoxy) is 2. The number of fused-ring (bicyclic) bond motifs is 2. The number of nitrogens with zero attached hydrogens (tertiary/aromatic N) is 3. The fourth-order valence-corrected chi connectivity index (χ4v) is 8.56. The van der Waals surface area contributed by atoms with Gasteiger partial charge in [0.2, 0.25) is 12.7 Å². The van der Waals surface area contributed by atoms with Gasteiger partial charge in [0.05, 0.1) is 22.3 Å². The summed E-state index contributed by atoms with van der Waals surface area (Å²) in [5.41, 5.74) is -0.292. The Hall–Kier alpha value is -1.96. The third-order valence-corrected chi connectivity index (χ3v) is 8.76. The largest absolute Gasteiger partial charge is 0.454 e. The highest BCUT2D eigenvalue weighted by atomic mass is 32.2. The van der Waals surface area contributed by atoms with Gasteiger partial charge < -0.3 is 19.3 Å². The average molecular weight is 478 g/mol. The van der Waals surface area contributed by atoms with Crippen molar-refractivity contribution in [3.05, 3.63) is 23.8 Å². The van der Waals surface area contributed by atoms with Gasteiger partial charge in [-0.25, -0.2) is 0 Å². The number of likely N-dealkylation sites (N-methyl/N-ethyl adjacent to an activating group) is 1. The Bertz CT molecular complexity index is 1040. The predicted octanol–water partition coefficient (Wildman–Crippen LogP) is 3.55. The van der Waals surface area contributed by atoms with E-state index in [1.807, 2.05) is 19.9 Å². The molecule has 3 aliphatic heterocycles. The van der Waals surface area contributed by atoms with Crippen LogP contribution in [0.5, 0.6) is 11.5 Å². The molecule has 0 unspecified atom stereocenters. The van der Waals surface area contributed by atoms with Gasteiger partial charge >= 0.3 is 0 Å². The van der Waals surface area contributed by atoms with Crippen LogP contribution in [0.3, 0.4) is 0 Å². The average Bonchev–Trinajstić information content (AvgIpc) is 3.24. The number of carbonyl (C=O) groups is 2. The van der Waals surface area contributed by atoms with Crippen LogP contribution in [0, 0.1) is 16.7 Å². The molecule has 2 saturated heterocycles. The fraction of sp³-hybridized carbons (Fsp3) is 0.524. The third-order valence-electron chi connectivity index (χ3n) is 5.89. The van der Waals surface area contributed by atoms with Crippen LogP contribution in [0.1, 0.15) is 38.8 Å². The molecule has 2 fully saturated rings. The van der Waals surface area contributed by atoms with Crippen LogP contribution in [0.4, 0.5) is 0 Å². The Morgan fingerprint density at radius 2 is 1.94 bits per heavy atom. The molecule has 0 radical (unpaired) electrons. The van der Waals surface area contributed by atoms with E-state index in [0.717, 1.165) is 5.56 Å². The molecule has 3 aliphatic rings. The summed E-state index contributed by atoms with van der Waals surface area (Å²) in [6.45, 7) is 5.54. The van der Waals surface area contributed by atoms with Crippen LogP contribution in [0.15, 0.2) is 18.2 Å². The summed E-state index contributed by atoms with van der Waals surface area (Å²) < 4.78 is 10.6. The van der Waals surface area contributed by atoms with E-state index >= 15 is 0 Å². The van der Waals surface area contributed by atoms with E-state index in [-0.39, 0.29) is 25.0 Å². The first-order chi connectivity index (χ1) is 14.4. The van der Waals surface area contributed by atoms with E-state index in [2.05, 4.69) is 6.07 Å². The number of hydrogen-bond donors (Lipinski definition) is 0. The molecule has 0 saturated carbocycles. The normalized spacial score (nSPS) is 31.1. The number of thiocarbonyl (C=S) groups is 1. The highest BCUT2D eigenvalue weighted by Gasteiger charge is 2.67. The molecular formula is C21H23N3O4S3. The van der Waals surface area contributed by atoms with E-state index in [1.54, 1.807) is 38.1 Å². The lowest BCUT2D eigenvalue weighted by Crippen LogP contribution is -2.57. The zero-order valence-electron chi connectivity index (χ0n) is 17.9. The van der Waals surface area contributed by atoms with Gasteiger partial charge in [-0.2, -0.15) is 5.26 Å². The molecule has 0 aliphatic carbocycles. The summed E-state index contributed by atoms with van der Waals surface area (Å²) in [7, 11) is 3.31. The summed E-state index contributed by atoms with van der Waals surface area (Å²) in [6, 6.07) is 7.18. The number of benzene rings is 1. The fourth-order valence-electron chi connectivity index (χ4n) is 4.51. The van der Waals surface area contributed by atoms with Crippen molar-refractivity contribution in [1.82, 2.24) is 9.80 Å². The minimum absolute atomic E-state index is 0.123. The van der Waals surface area contributed by atoms with E-state index in [1.165, 1.54) is 28.4 Å². The molecule has 10 heteroatoms. The second kappa shape index (κ2) is 7.29. The van der Waals surface area contributed by atoms with Crippen molar-refractivity contribution in [2.24, 2.45) is 5.41 Å². The van der Waals surface area contributed by atoms with Crippen molar-refractivity contribution >= 4 is 51.1 Å². The van der Waals surface area contributed by atoms with Crippen molar-refractivity contribution in [3.63, 3.8) is 0 Å². The molecule has 4 rings (SSSR count). The van der Waals surface area contributed by atoms with E-state index < -0.39 is 21.1 Å². The summed E-state index contributed by atoms with van der Waals surface area (Å²) >= 11 is 8.08. The predicted molar refractivity (Wildman–Crippen MR) is 124 cm³/mol. The number of carbonyl (C=O) groups excluding carboxylic acids is 2. The van der Waals surface area contributed by atoms with Gasteiger partial charge in [-0.15, -0.1) is 0 Å². The van der Waals surface area contributed by atoms with Gasteiger partial charge in [0.25, 0.3) is 5.91 Å². The highest BCUT2D eigenvalue weighted by Crippen LogP contribution is 2.62. The number of nitriles is 1. The molecule has 0 bridgehead atoms. The van der Waals surface area contributed by atoms with Crippen LogP contribution < -0.4 is 9.47 Å². The zero-order valence-corrected chi connectivity index (χ0v) is 20.4. The summed E-state index contributed by atoms with van der Waals surface area (Å²) in [5, 5.41) is 10.3. The molecule has 2 amide bonds. The smallest absolute Gasteiger partial charge is 0.259 e. The van der Waals surface area contributed by atoms with Crippen LogP contribution in [0.2, 0.25) is 0 Å². The Balaban J connectivity index is 1.97. The van der Waals surface area contributed by atoms with Gasteiger partial charge in [0, 0.05) is 20.5 Å². The quantitative estimate of drug-likeness (QED) is 0.598. The number of thioether (sulfide) groups is 2. The minimum Gasteiger partial charge on any atom is -0.454 e. The molecule has 0 spiro atoms. The third kappa shape index (κ3) is 3.29. The van der Waals surface area contributed by atoms with E-state index in [4.69, 9.17) is 21.7 Å². The Kier molecular flexibility index (Phi) is 5.23. The van der Waals surface area contributed by atoms with Gasteiger partial charge in [-0.05, 0) is 38.5 Å². The molecule has 3 atom stereocenters. The maximum atomic E-state index is 13.9. The lowest BCUT2D eigenvalue weighted by atomic mass is 9.79. The van der Waals surface area contributed by atoms with E-state index in [0.29, 0.717) is 15.0 Å². The molecule has 7 nitrogen and oxygen atoms in total. The van der Waals surface area contributed by atoms with Crippen molar-refractivity contribution in [2.75, 3.05) is 20.9 Å². The second-order valence-electron chi connectivity index (χ2n) is 8.84. The lowest BCUT2D eigenvalue weighted by molar-refractivity contribution is -0.147. The first-order valence-electron chi connectivity index (χ1n) is 9.73. The van der Waals surface area contributed by atoms with Crippen LogP contribution in [-0.4, -0.2) is 55.6 Å². The standard InChI is InChI=1S/C21H23N3O4S3/c1-19(2)16(25)24-15(12-6-7-13-14(8-12)28-11-27-13)20(3,10-22)9-21(24,17(26)23(4)5)31-18(29)30-19/h6-8,15H,9,11H2,1-5H3/t15-,20+,21-/m0/s1. The van der Waals surface area contributed by atoms with Crippen LogP contribution in [-0.2, 0) is 9.59 Å². The molecule has 31 heavy (non-hydrogen) atoms. The Morgan fingerprint density at radius 1 is 1.26 bits per heavy atom. The number of rotatable bonds is 2. The van der Waals surface area contributed by atoms with Crippen molar-refractivity contribution in [3.8, 4) is 17.6 Å². The monoisotopic (exact) mass is 477 g/mol. The number of hydrogen-bond acceptors (Lipinski definition) is 8. The SMILES string of the molecule is CN(C)C(=O)[C@@]12C[C@](C)(C#N)[C@H](c3ccc4c(c3)OCO4)N1C(=O)C(C)(C)SC(=S)S2. The molecule has 0 aromatic heterocycles. The van der Waals surface area contributed by atoms with Gasteiger partial charge in [-0.3, -0.25) is 9.59 Å². The Labute approximate surface area is 195 Å². The molecular weight excluding hydrogens is 454 g/mol. The van der Waals surface area contributed by atoms with E-state index in [9.17, 15) is 14.9 Å². The van der Waals surface area contributed by atoms with Gasteiger partial charge in [-0.1, -0.05) is 41.8 Å². The maximum Gasteiger partial charge on any atom is 0.259 e. The maximum absolute atomic E-state index is 13.9. The first-order valence-corrected chi connectivity index (χ1v) is 11.8. The van der Waals surface area contributed by atoms with Crippen LogP contribution in [0.25, 0.3) is 0 Å². The highest BCUT2D eigenvalue weighted by molar-refractivity contribution is 8.48. The zero-order chi connectivity index (χ0) is 22.8. The minimum atomic E-state index is -1.30. The molecule has 1 aromatic carbocycles. The van der Waals surface area contributed by atoms with Crippen LogP contribution >= 0.6 is 35.7 Å². The van der Waals surface area contributed by atoms with Crippen molar-refractivity contribution in [2.45, 2.75) is 42.9 Å². The lowest BCUT2D eigenvalue weighted by Gasteiger charge is -2.41.